The second-order valence-corrected chi connectivity index (χ2v) is 4.80. The number of halogens is 1. The number of nitrogens with one attached hydrogen (secondary N) is 1. The fourth-order valence-electron chi connectivity index (χ4n) is 1.94. The molecule has 0 unspecified atom stereocenters. The summed E-state index contributed by atoms with van der Waals surface area (Å²) in [7, 11) is 0. The van der Waals surface area contributed by atoms with Crippen molar-refractivity contribution in [2.75, 3.05) is 6.61 Å². The number of hydrogen-bond acceptors (Lipinski definition) is 5. The van der Waals surface area contributed by atoms with Gasteiger partial charge in [0.2, 0.25) is 0 Å². The number of fused-ring (bicyclic) bond motifs is 1. The minimum absolute atomic E-state index is 0.0111. The van der Waals surface area contributed by atoms with Gasteiger partial charge in [0.1, 0.15) is 5.69 Å². The van der Waals surface area contributed by atoms with Gasteiger partial charge in [-0.2, -0.15) is 5.10 Å². The highest BCUT2D eigenvalue weighted by molar-refractivity contribution is 5.84. The summed E-state index contributed by atoms with van der Waals surface area (Å²) in [5.41, 5.74) is 4.29. The van der Waals surface area contributed by atoms with Gasteiger partial charge in [0.25, 0.3) is 5.91 Å². The molecule has 0 aliphatic rings. The van der Waals surface area contributed by atoms with Gasteiger partial charge in [0.15, 0.2) is 18.2 Å². The predicted octanol–water partition coefficient (Wildman–Crippen LogP) is 2.30. The van der Waals surface area contributed by atoms with E-state index in [0.29, 0.717) is 5.69 Å². The first-order valence-corrected chi connectivity index (χ1v) is 7.13. The Labute approximate surface area is 137 Å². The zero-order valence-corrected chi connectivity index (χ0v) is 12.5. The van der Waals surface area contributed by atoms with Gasteiger partial charge in [-0.15, -0.1) is 0 Å². The van der Waals surface area contributed by atoms with Crippen molar-refractivity contribution in [3.8, 4) is 5.75 Å². The van der Waals surface area contributed by atoms with E-state index in [1.807, 2.05) is 24.3 Å². The first-order chi connectivity index (χ1) is 11.7. The Morgan fingerprint density at radius 3 is 2.75 bits per heavy atom. The van der Waals surface area contributed by atoms with Crippen LogP contribution in [0.5, 0.6) is 5.75 Å². The van der Waals surface area contributed by atoms with Crippen LogP contribution in [0.15, 0.2) is 59.8 Å². The van der Waals surface area contributed by atoms with Gasteiger partial charge in [0.05, 0.1) is 23.4 Å². The lowest BCUT2D eigenvalue weighted by molar-refractivity contribution is -0.123. The lowest BCUT2D eigenvalue weighted by Crippen LogP contribution is -2.24. The van der Waals surface area contributed by atoms with Crippen molar-refractivity contribution in [1.82, 2.24) is 15.4 Å². The third-order valence-electron chi connectivity index (χ3n) is 3.05. The zero-order valence-electron chi connectivity index (χ0n) is 12.5. The first-order valence-electron chi connectivity index (χ1n) is 7.13. The standard InChI is InChI=1S/C17H13FN4O2/c18-13-5-1-4-8-16(13)24-11-17(23)22-20-10-12-9-19-14-6-2-3-7-15(14)21-12/h1-10H,11H2,(H,22,23)/b20-10-. The summed E-state index contributed by atoms with van der Waals surface area (Å²) in [6.07, 6.45) is 2.92. The van der Waals surface area contributed by atoms with E-state index in [1.54, 1.807) is 12.3 Å². The minimum atomic E-state index is -0.528. The third-order valence-corrected chi connectivity index (χ3v) is 3.05. The maximum Gasteiger partial charge on any atom is 0.277 e. The van der Waals surface area contributed by atoms with E-state index in [-0.39, 0.29) is 12.4 Å². The topological polar surface area (TPSA) is 76.5 Å². The molecule has 6 nitrogen and oxygen atoms in total. The van der Waals surface area contributed by atoms with Gasteiger partial charge < -0.3 is 4.74 Å². The van der Waals surface area contributed by atoms with Gasteiger partial charge in [-0.05, 0) is 24.3 Å². The number of hydrogen-bond donors (Lipinski definition) is 1. The van der Waals surface area contributed by atoms with Gasteiger partial charge in [-0.3, -0.25) is 9.78 Å². The molecule has 1 heterocycles. The Morgan fingerprint density at radius 1 is 1.17 bits per heavy atom. The van der Waals surface area contributed by atoms with Crippen LogP contribution in [0.4, 0.5) is 4.39 Å². The first kappa shape index (κ1) is 15.5. The maximum absolute atomic E-state index is 13.3. The Morgan fingerprint density at radius 2 is 1.92 bits per heavy atom. The molecule has 2 aromatic carbocycles. The van der Waals surface area contributed by atoms with Gasteiger partial charge in [-0.25, -0.2) is 14.8 Å². The summed E-state index contributed by atoms with van der Waals surface area (Å²) < 4.78 is 18.4. The number of rotatable bonds is 5. The number of carbonyl (C=O) groups excluding carboxylic acids is 1. The highest BCUT2D eigenvalue weighted by Crippen LogP contribution is 2.14. The number of amides is 1. The Kier molecular flexibility index (Phi) is 4.71. The quantitative estimate of drug-likeness (QED) is 0.577. The molecular weight excluding hydrogens is 311 g/mol. The average Bonchev–Trinajstić information content (AvgIpc) is 2.61. The molecule has 0 aliphatic heterocycles. The summed E-state index contributed by atoms with van der Waals surface area (Å²) in [5.74, 6) is -1.03. The molecule has 0 atom stereocenters. The number of benzene rings is 2. The molecule has 24 heavy (non-hydrogen) atoms. The largest absolute Gasteiger partial charge is 0.481 e. The van der Waals surface area contributed by atoms with E-state index in [9.17, 15) is 9.18 Å². The summed E-state index contributed by atoms with van der Waals surface area (Å²) in [6.45, 7) is -0.346. The zero-order chi connectivity index (χ0) is 16.8. The number of hydrazone groups is 1. The van der Waals surface area contributed by atoms with E-state index in [2.05, 4.69) is 20.5 Å². The highest BCUT2D eigenvalue weighted by atomic mass is 19.1. The van der Waals surface area contributed by atoms with Crippen LogP contribution in [0.3, 0.4) is 0 Å². The van der Waals surface area contributed by atoms with Crippen molar-refractivity contribution in [2.24, 2.45) is 5.10 Å². The second-order valence-electron chi connectivity index (χ2n) is 4.80. The van der Waals surface area contributed by atoms with Crippen LogP contribution in [0.25, 0.3) is 11.0 Å². The molecular formula is C17H13FN4O2. The molecule has 3 aromatic rings. The summed E-state index contributed by atoms with van der Waals surface area (Å²) in [6, 6.07) is 13.3. The van der Waals surface area contributed by atoms with Gasteiger partial charge in [0, 0.05) is 0 Å². The lowest BCUT2D eigenvalue weighted by atomic mass is 10.3. The van der Waals surface area contributed by atoms with E-state index < -0.39 is 11.7 Å². The van der Waals surface area contributed by atoms with Crippen LogP contribution in [0.2, 0.25) is 0 Å². The van der Waals surface area contributed by atoms with Crippen molar-refractivity contribution >= 4 is 23.2 Å². The minimum Gasteiger partial charge on any atom is -0.481 e. The van der Waals surface area contributed by atoms with E-state index >= 15 is 0 Å². The van der Waals surface area contributed by atoms with Crippen LogP contribution in [-0.4, -0.2) is 28.7 Å². The van der Waals surface area contributed by atoms with E-state index in [1.165, 1.54) is 24.4 Å². The number of ether oxygens (including phenoxy) is 1. The van der Waals surface area contributed by atoms with Crippen molar-refractivity contribution in [2.45, 2.75) is 0 Å². The molecule has 1 amide bonds. The van der Waals surface area contributed by atoms with Crippen molar-refractivity contribution in [3.05, 3.63) is 66.2 Å². The summed E-state index contributed by atoms with van der Waals surface area (Å²) in [5, 5.41) is 3.78. The molecule has 0 bridgehead atoms. The number of aromatic nitrogens is 2. The van der Waals surface area contributed by atoms with Gasteiger partial charge >= 0.3 is 0 Å². The van der Waals surface area contributed by atoms with Crippen LogP contribution < -0.4 is 10.2 Å². The molecule has 1 aromatic heterocycles. The fourth-order valence-corrected chi connectivity index (χ4v) is 1.94. The molecule has 3 rings (SSSR count). The lowest BCUT2D eigenvalue weighted by Gasteiger charge is -2.05. The van der Waals surface area contributed by atoms with Crippen molar-refractivity contribution in [1.29, 1.82) is 0 Å². The Bertz CT molecular complexity index is 898. The predicted molar refractivity (Wildman–Crippen MR) is 87.2 cm³/mol. The molecule has 0 aliphatic carbocycles. The summed E-state index contributed by atoms with van der Waals surface area (Å²) >= 11 is 0. The van der Waals surface area contributed by atoms with E-state index in [4.69, 9.17) is 4.74 Å². The molecule has 0 spiro atoms. The number of carbonyl (C=O) groups is 1. The fraction of sp³-hybridized carbons (Fsp3) is 0.0588. The summed E-state index contributed by atoms with van der Waals surface area (Å²) in [4.78, 5) is 20.2. The van der Waals surface area contributed by atoms with Crippen LogP contribution in [0.1, 0.15) is 5.69 Å². The molecule has 0 fully saturated rings. The molecule has 0 saturated carbocycles. The monoisotopic (exact) mass is 324 g/mol. The number of para-hydroxylation sites is 3. The smallest absolute Gasteiger partial charge is 0.277 e. The van der Waals surface area contributed by atoms with Gasteiger partial charge in [-0.1, -0.05) is 24.3 Å². The van der Waals surface area contributed by atoms with Crippen LogP contribution in [0, 0.1) is 5.82 Å². The molecule has 7 heteroatoms. The highest BCUT2D eigenvalue weighted by Gasteiger charge is 2.05. The molecule has 0 saturated heterocycles. The van der Waals surface area contributed by atoms with Crippen molar-refractivity contribution in [3.63, 3.8) is 0 Å². The van der Waals surface area contributed by atoms with Crippen LogP contribution >= 0.6 is 0 Å². The third kappa shape index (κ3) is 3.89. The van der Waals surface area contributed by atoms with E-state index in [0.717, 1.165) is 11.0 Å². The average molecular weight is 324 g/mol. The maximum atomic E-state index is 13.3. The van der Waals surface area contributed by atoms with Crippen LogP contribution in [-0.2, 0) is 4.79 Å². The molecule has 0 radical (unpaired) electrons. The Hall–Kier alpha value is -3.35. The van der Waals surface area contributed by atoms with Crippen molar-refractivity contribution < 1.29 is 13.9 Å². The Balaban J connectivity index is 1.55. The second kappa shape index (κ2) is 7.28. The molecule has 1 N–H and O–H groups in total. The normalized spacial score (nSPS) is 10.9. The SMILES string of the molecule is O=C(COc1ccccc1F)N/N=C\c1cnc2ccccc2n1. The molecule has 120 valence electrons. The number of nitrogens with zero attached hydrogens (tertiary/aromatic N) is 3.